The third-order valence-corrected chi connectivity index (χ3v) is 4.07. The lowest BCUT2D eigenvalue weighted by Crippen LogP contribution is -2.10. The molecule has 0 aliphatic carbocycles. The van der Waals surface area contributed by atoms with Crippen LogP contribution in [0.5, 0.6) is 0 Å². The van der Waals surface area contributed by atoms with Crippen LogP contribution >= 0.6 is 27.3 Å². The topological polar surface area (TPSA) is 62.2 Å². The van der Waals surface area contributed by atoms with Gasteiger partial charge in [-0.25, -0.2) is 9.78 Å². The van der Waals surface area contributed by atoms with Gasteiger partial charge in [-0.3, -0.25) is 0 Å². The number of halogens is 1. The van der Waals surface area contributed by atoms with E-state index in [-0.39, 0.29) is 5.56 Å². The Morgan fingerprint density at radius 2 is 2.32 bits per heavy atom. The van der Waals surface area contributed by atoms with Gasteiger partial charge >= 0.3 is 5.97 Å². The van der Waals surface area contributed by atoms with E-state index in [1.807, 2.05) is 18.4 Å². The maximum Gasteiger partial charge on any atom is 0.338 e. The van der Waals surface area contributed by atoms with Crippen LogP contribution < -0.4 is 5.32 Å². The molecule has 0 saturated carbocycles. The van der Waals surface area contributed by atoms with E-state index < -0.39 is 5.97 Å². The van der Waals surface area contributed by atoms with Crippen LogP contribution in [0.1, 0.15) is 21.1 Å². The molecule has 0 saturated heterocycles. The molecule has 0 aliphatic rings. The lowest BCUT2D eigenvalue weighted by atomic mass is 10.1. The summed E-state index contributed by atoms with van der Waals surface area (Å²) in [6.45, 7) is 2.62. The molecule has 19 heavy (non-hydrogen) atoms. The lowest BCUT2D eigenvalue weighted by molar-refractivity contribution is 0.0697. The molecule has 2 aromatic rings. The van der Waals surface area contributed by atoms with E-state index in [0.717, 1.165) is 17.1 Å². The second kappa shape index (κ2) is 6.16. The monoisotopic (exact) mass is 340 g/mol. The lowest BCUT2D eigenvalue weighted by Gasteiger charge is -2.10. The van der Waals surface area contributed by atoms with Crippen molar-refractivity contribution in [3.63, 3.8) is 0 Å². The number of aromatic nitrogens is 1. The van der Waals surface area contributed by atoms with Crippen LogP contribution in [-0.2, 0) is 6.42 Å². The van der Waals surface area contributed by atoms with E-state index >= 15 is 0 Å². The summed E-state index contributed by atoms with van der Waals surface area (Å²) in [5.74, 6) is -0.945. The predicted molar refractivity (Wildman–Crippen MR) is 80.1 cm³/mol. The third kappa shape index (κ3) is 3.54. The van der Waals surface area contributed by atoms with Gasteiger partial charge < -0.3 is 10.4 Å². The Hall–Kier alpha value is -1.40. The summed E-state index contributed by atoms with van der Waals surface area (Å²) in [7, 11) is 0. The van der Waals surface area contributed by atoms with Gasteiger partial charge in [0.05, 0.1) is 16.3 Å². The molecular formula is C13H13BrN2O2S. The van der Waals surface area contributed by atoms with E-state index in [2.05, 4.69) is 26.2 Å². The van der Waals surface area contributed by atoms with Crippen LogP contribution in [-0.4, -0.2) is 22.6 Å². The molecule has 0 atom stereocenters. The Balaban J connectivity index is 2.03. The van der Waals surface area contributed by atoms with E-state index in [4.69, 9.17) is 0 Å². The normalized spacial score (nSPS) is 10.4. The van der Waals surface area contributed by atoms with Gasteiger partial charge in [0.25, 0.3) is 0 Å². The van der Waals surface area contributed by atoms with Crippen molar-refractivity contribution in [3.8, 4) is 0 Å². The van der Waals surface area contributed by atoms with E-state index in [1.54, 1.807) is 23.5 Å². The van der Waals surface area contributed by atoms with E-state index in [1.165, 1.54) is 0 Å². The molecule has 0 amide bonds. The number of nitrogens with zero attached hydrogens (tertiary/aromatic N) is 1. The van der Waals surface area contributed by atoms with Crippen LogP contribution in [0.15, 0.2) is 28.1 Å². The average Bonchev–Trinajstić information content (AvgIpc) is 2.74. The average molecular weight is 341 g/mol. The molecule has 0 radical (unpaired) electrons. The van der Waals surface area contributed by atoms with Gasteiger partial charge in [0.1, 0.15) is 0 Å². The fourth-order valence-corrected chi connectivity index (χ4v) is 2.92. The molecule has 0 unspecified atom stereocenters. The molecule has 4 nitrogen and oxygen atoms in total. The Kier molecular flexibility index (Phi) is 4.55. The number of aryl methyl sites for hydroxylation is 1. The van der Waals surface area contributed by atoms with Crippen molar-refractivity contribution in [1.29, 1.82) is 0 Å². The summed E-state index contributed by atoms with van der Waals surface area (Å²) in [5.41, 5.74) is 1.91. The number of benzene rings is 1. The summed E-state index contributed by atoms with van der Waals surface area (Å²) in [5, 5.41) is 15.4. The van der Waals surface area contributed by atoms with Crippen LogP contribution in [0, 0.1) is 6.92 Å². The first-order valence-corrected chi connectivity index (χ1v) is 7.42. The molecule has 0 fully saturated rings. The molecule has 0 bridgehead atoms. The zero-order valence-electron chi connectivity index (χ0n) is 10.3. The number of hydrogen-bond donors (Lipinski definition) is 2. The van der Waals surface area contributed by atoms with Crippen LogP contribution in [0.2, 0.25) is 0 Å². The Morgan fingerprint density at radius 3 is 2.95 bits per heavy atom. The number of aromatic carboxylic acids is 1. The first kappa shape index (κ1) is 14.0. The second-order valence-corrected chi connectivity index (χ2v) is 5.92. The molecule has 1 aromatic carbocycles. The maximum absolute atomic E-state index is 11.2. The zero-order chi connectivity index (χ0) is 13.8. The Labute approximate surface area is 123 Å². The van der Waals surface area contributed by atoms with Crippen molar-refractivity contribution in [2.45, 2.75) is 13.3 Å². The fourth-order valence-electron chi connectivity index (χ4n) is 1.74. The summed E-state index contributed by atoms with van der Waals surface area (Å²) >= 11 is 4.88. The quantitative estimate of drug-likeness (QED) is 0.873. The van der Waals surface area contributed by atoms with Gasteiger partial charge in [0, 0.05) is 28.5 Å². The minimum absolute atomic E-state index is 0.261. The van der Waals surface area contributed by atoms with Crippen molar-refractivity contribution < 1.29 is 9.90 Å². The minimum Gasteiger partial charge on any atom is -0.478 e. The highest BCUT2D eigenvalue weighted by Crippen LogP contribution is 2.24. The van der Waals surface area contributed by atoms with Crippen molar-refractivity contribution in [2.24, 2.45) is 0 Å². The Bertz CT molecular complexity index is 598. The molecule has 0 spiro atoms. The van der Waals surface area contributed by atoms with Crippen molar-refractivity contribution in [3.05, 3.63) is 44.3 Å². The number of hydrogen-bond acceptors (Lipinski definition) is 4. The molecule has 100 valence electrons. The molecular weight excluding hydrogens is 328 g/mol. The summed E-state index contributed by atoms with van der Waals surface area (Å²) < 4.78 is 0.578. The number of carboxylic acids is 1. The molecule has 1 heterocycles. The standard InChI is InChI=1S/C13H13BrN2O2S/c1-8-16-9(7-19-8)5-6-15-11-4-2-3-10(14)12(11)13(17)18/h2-4,7,15H,5-6H2,1H3,(H,17,18). The minimum atomic E-state index is -0.945. The summed E-state index contributed by atoms with van der Waals surface area (Å²) in [4.78, 5) is 15.6. The highest BCUT2D eigenvalue weighted by Gasteiger charge is 2.13. The fraction of sp³-hybridized carbons (Fsp3) is 0.231. The third-order valence-electron chi connectivity index (χ3n) is 2.59. The van der Waals surface area contributed by atoms with E-state index in [0.29, 0.717) is 16.7 Å². The van der Waals surface area contributed by atoms with Gasteiger partial charge in [-0.2, -0.15) is 0 Å². The largest absolute Gasteiger partial charge is 0.478 e. The van der Waals surface area contributed by atoms with Crippen LogP contribution in [0.25, 0.3) is 0 Å². The number of carbonyl (C=O) groups is 1. The van der Waals surface area contributed by atoms with Gasteiger partial charge in [-0.05, 0) is 35.0 Å². The van der Waals surface area contributed by atoms with Crippen molar-refractivity contribution in [2.75, 3.05) is 11.9 Å². The van der Waals surface area contributed by atoms with Gasteiger partial charge in [-0.15, -0.1) is 11.3 Å². The summed E-state index contributed by atoms with van der Waals surface area (Å²) in [6, 6.07) is 5.30. The molecule has 2 N–H and O–H groups in total. The number of nitrogens with one attached hydrogen (secondary N) is 1. The predicted octanol–water partition coefficient (Wildman–Crippen LogP) is 3.57. The van der Waals surface area contributed by atoms with Crippen molar-refractivity contribution >= 4 is 38.9 Å². The first-order valence-electron chi connectivity index (χ1n) is 5.74. The van der Waals surface area contributed by atoms with Crippen LogP contribution in [0.3, 0.4) is 0 Å². The highest BCUT2D eigenvalue weighted by atomic mass is 79.9. The molecule has 0 aliphatic heterocycles. The van der Waals surface area contributed by atoms with Gasteiger partial charge in [0.15, 0.2) is 0 Å². The molecule has 6 heteroatoms. The number of carboxylic acid groups (broad SMARTS) is 1. The van der Waals surface area contributed by atoms with Gasteiger partial charge in [-0.1, -0.05) is 6.07 Å². The SMILES string of the molecule is Cc1nc(CCNc2cccc(Br)c2C(=O)O)cs1. The number of thiazole rings is 1. The second-order valence-electron chi connectivity index (χ2n) is 4.00. The van der Waals surface area contributed by atoms with Crippen LogP contribution in [0.4, 0.5) is 5.69 Å². The summed E-state index contributed by atoms with van der Waals surface area (Å²) in [6.07, 6.45) is 0.774. The van der Waals surface area contributed by atoms with Crippen molar-refractivity contribution in [1.82, 2.24) is 4.98 Å². The smallest absolute Gasteiger partial charge is 0.338 e. The van der Waals surface area contributed by atoms with Gasteiger partial charge in [0.2, 0.25) is 0 Å². The maximum atomic E-state index is 11.2. The zero-order valence-corrected chi connectivity index (χ0v) is 12.7. The molecule has 2 rings (SSSR count). The highest BCUT2D eigenvalue weighted by molar-refractivity contribution is 9.10. The Morgan fingerprint density at radius 1 is 1.53 bits per heavy atom. The number of anilines is 1. The molecule has 1 aromatic heterocycles. The first-order chi connectivity index (χ1) is 9.08. The number of rotatable bonds is 5. The van der Waals surface area contributed by atoms with E-state index in [9.17, 15) is 9.90 Å².